The van der Waals surface area contributed by atoms with Crippen molar-refractivity contribution in [2.75, 3.05) is 19.0 Å². The van der Waals surface area contributed by atoms with Gasteiger partial charge in [0, 0.05) is 20.1 Å². The molecule has 0 aliphatic heterocycles. The van der Waals surface area contributed by atoms with Crippen LogP contribution in [-0.2, 0) is 12.8 Å². The van der Waals surface area contributed by atoms with Gasteiger partial charge in [0.2, 0.25) is 0 Å². The van der Waals surface area contributed by atoms with Crippen molar-refractivity contribution in [2.45, 2.75) is 25.3 Å². The molecule has 0 spiro atoms. The summed E-state index contributed by atoms with van der Waals surface area (Å²) in [4.78, 5) is 13.7. The molecular weight excluding hydrogens is 276 g/mol. The number of aromatic nitrogens is 2. The molecule has 0 fully saturated rings. The molecule has 0 bridgehead atoms. The number of amides is 1. The highest BCUT2D eigenvalue weighted by molar-refractivity contribution is 5.91. The van der Waals surface area contributed by atoms with E-state index in [9.17, 15) is 4.79 Å². The van der Waals surface area contributed by atoms with Gasteiger partial charge in [0.15, 0.2) is 11.5 Å². The van der Waals surface area contributed by atoms with E-state index < -0.39 is 0 Å². The summed E-state index contributed by atoms with van der Waals surface area (Å²) in [7, 11) is 3.63. The van der Waals surface area contributed by atoms with E-state index in [0.29, 0.717) is 11.7 Å². The van der Waals surface area contributed by atoms with E-state index in [0.717, 1.165) is 25.1 Å². The summed E-state index contributed by atoms with van der Waals surface area (Å²) in [6.45, 7) is 0. The maximum absolute atomic E-state index is 11.5. The number of nitrogens with zero attached hydrogens (tertiary/aromatic N) is 3. The number of fused-ring (bicyclic) bond motifs is 1. The molecule has 22 heavy (non-hydrogen) atoms. The number of hydrogen-bond acceptors (Lipinski definition) is 4. The molecule has 3 rings (SSSR count). The molecule has 1 N–H and O–H groups in total. The Hall–Kier alpha value is -2.43. The number of benzene rings is 1. The molecule has 5 heteroatoms. The number of carbonyl (C=O) groups is 1. The highest BCUT2D eigenvalue weighted by atomic mass is 16.1. The van der Waals surface area contributed by atoms with Gasteiger partial charge in [0.05, 0.1) is 0 Å². The van der Waals surface area contributed by atoms with Gasteiger partial charge in [-0.3, -0.25) is 4.79 Å². The zero-order chi connectivity index (χ0) is 15.5. The summed E-state index contributed by atoms with van der Waals surface area (Å²) in [5, 5.41) is 10.7. The van der Waals surface area contributed by atoms with Crippen molar-refractivity contribution < 1.29 is 4.79 Å². The Kier molecular flexibility index (Phi) is 4.04. The molecule has 114 valence electrons. The topological polar surface area (TPSA) is 58.1 Å². The van der Waals surface area contributed by atoms with Gasteiger partial charge < -0.3 is 10.2 Å². The lowest BCUT2D eigenvalue weighted by Gasteiger charge is -2.33. The van der Waals surface area contributed by atoms with Gasteiger partial charge in [-0.15, -0.1) is 10.2 Å². The largest absolute Gasteiger partial charge is 0.355 e. The lowest BCUT2D eigenvalue weighted by Crippen LogP contribution is -2.37. The summed E-state index contributed by atoms with van der Waals surface area (Å²) in [6.07, 6.45) is 3.22. The Morgan fingerprint density at radius 2 is 1.95 bits per heavy atom. The first-order chi connectivity index (χ1) is 10.7. The zero-order valence-electron chi connectivity index (χ0n) is 12.9. The molecule has 1 amide bonds. The number of likely N-dealkylation sites (N-methyl/N-ethyl adjacent to an activating group) is 1. The van der Waals surface area contributed by atoms with E-state index in [1.807, 2.05) is 13.1 Å². The fraction of sp³-hybridized carbons (Fsp3) is 0.353. The normalized spacial score (nSPS) is 16.7. The standard InChI is InChI=1S/C17H20N4O/c1-18-17(22)15-9-10-16(20-19-15)21(2)14-8-7-12-5-3-4-6-13(12)11-14/h3-6,9-10,14H,7-8,11H2,1-2H3,(H,18,22)/t14-/m1/s1. The highest BCUT2D eigenvalue weighted by Crippen LogP contribution is 2.25. The van der Waals surface area contributed by atoms with Gasteiger partial charge in [-0.25, -0.2) is 0 Å². The van der Waals surface area contributed by atoms with Gasteiger partial charge >= 0.3 is 0 Å². The average molecular weight is 296 g/mol. The van der Waals surface area contributed by atoms with Crippen molar-refractivity contribution >= 4 is 11.7 Å². The molecule has 1 aliphatic carbocycles. The van der Waals surface area contributed by atoms with Crippen LogP contribution in [0.4, 0.5) is 5.82 Å². The Balaban J connectivity index is 1.74. The number of nitrogens with one attached hydrogen (secondary N) is 1. The first kappa shape index (κ1) is 14.5. The zero-order valence-corrected chi connectivity index (χ0v) is 12.9. The maximum Gasteiger partial charge on any atom is 0.271 e. The third-order valence-corrected chi connectivity index (χ3v) is 4.34. The van der Waals surface area contributed by atoms with Crippen molar-refractivity contribution in [1.29, 1.82) is 0 Å². The summed E-state index contributed by atoms with van der Waals surface area (Å²) in [6, 6.07) is 12.6. The molecule has 1 atom stereocenters. The Bertz CT molecular complexity index is 669. The van der Waals surface area contributed by atoms with E-state index in [4.69, 9.17) is 0 Å². The van der Waals surface area contributed by atoms with Crippen LogP contribution in [0.3, 0.4) is 0 Å². The summed E-state index contributed by atoms with van der Waals surface area (Å²) in [5.74, 6) is 0.588. The SMILES string of the molecule is CNC(=O)c1ccc(N(C)[C@@H]2CCc3ccccc3C2)nn1. The number of aryl methyl sites for hydroxylation is 1. The van der Waals surface area contributed by atoms with Crippen LogP contribution in [0.25, 0.3) is 0 Å². The number of rotatable bonds is 3. The molecule has 0 unspecified atom stereocenters. The molecule has 1 aromatic heterocycles. The summed E-state index contributed by atoms with van der Waals surface area (Å²) >= 11 is 0. The van der Waals surface area contributed by atoms with Gasteiger partial charge in [0.1, 0.15) is 0 Å². The van der Waals surface area contributed by atoms with E-state index in [1.165, 1.54) is 11.1 Å². The van der Waals surface area contributed by atoms with Gasteiger partial charge in [-0.2, -0.15) is 0 Å². The van der Waals surface area contributed by atoms with Crippen LogP contribution in [0.15, 0.2) is 36.4 Å². The van der Waals surface area contributed by atoms with Crippen LogP contribution in [-0.4, -0.2) is 36.2 Å². The summed E-state index contributed by atoms with van der Waals surface area (Å²) < 4.78 is 0. The van der Waals surface area contributed by atoms with Gasteiger partial charge in [-0.05, 0) is 42.5 Å². The molecule has 0 saturated carbocycles. The fourth-order valence-corrected chi connectivity index (χ4v) is 2.96. The van der Waals surface area contributed by atoms with Crippen LogP contribution >= 0.6 is 0 Å². The van der Waals surface area contributed by atoms with E-state index in [1.54, 1.807) is 13.1 Å². The van der Waals surface area contributed by atoms with Crippen LogP contribution in [0, 0.1) is 0 Å². The van der Waals surface area contributed by atoms with Crippen LogP contribution in [0.2, 0.25) is 0 Å². The Morgan fingerprint density at radius 1 is 1.18 bits per heavy atom. The minimum Gasteiger partial charge on any atom is -0.355 e. The molecule has 1 heterocycles. The highest BCUT2D eigenvalue weighted by Gasteiger charge is 2.23. The van der Waals surface area contributed by atoms with Crippen molar-refractivity contribution in [3.8, 4) is 0 Å². The van der Waals surface area contributed by atoms with Gasteiger partial charge in [0.25, 0.3) is 5.91 Å². The third kappa shape index (κ3) is 2.79. The Labute approximate surface area is 130 Å². The lowest BCUT2D eigenvalue weighted by atomic mass is 9.88. The van der Waals surface area contributed by atoms with Crippen molar-refractivity contribution in [1.82, 2.24) is 15.5 Å². The lowest BCUT2D eigenvalue weighted by molar-refractivity contribution is 0.0957. The molecule has 0 radical (unpaired) electrons. The van der Waals surface area contributed by atoms with Crippen LogP contribution < -0.4 is 10.2 Å². The van der Waals surface area contributed by atoms with Crippen LogP contribution in [0.5, 0.6) is 0 Å². The first-order valence-electron chi connectivity index (χ1n) is 7.54. The molecule has 2 aromatic rings. The number of anilines is 1. The van der Waals surface area contributed by atoms with Crippen LogP contribution in [0.1, 0.15) is 28.0 Å². The minimum absolute atomic E-state index is 0.215. The third-order valence-electron chi connectivity index (χ3n) is 4.34. The fourth-order valence-electron chi connectivity index (χ4n) is 2.96. The van der Waals surface area contributed by atoms with Crippen molar-refractivity contribution in [3.05, 3.63) is 53.2 Å². The van der Waals surface area contributed by atoms with Crippen molar-refractivity contribution in [2.24, 2.45) is 0 Å². The molecular formula is C17H20N4O. The smallest absolute Gasteiger partial charge is 0.271 e. The van der Waals surface area contributed by atoms with E-state index in [2.05, 4.69) is 44.7 Å². The predicted octanol–water partition coefficient (Wildman–Crippen LogP) is 1.83. The predicted molar refractivity (Wildman–Crippen MR) is 86.1 cm³/mol. The first-order valence-corrected chi connectivity index (χ1v) is 7.54. The molecule has 0 saturated heterocycles. The quantitative estimate of drug-likeness (QED) is 0.939. The minimum atomic E-state index is -0.215. The monoisotopic (exact) mass is 296 g/mol. The maximum atomic E-state index is 11.5. The summed E-state index contributed by atoms with van der Waals surface area (Å²) in [5.41, 5.74) is 3.21. The molecule has 1 aliphatic rings. The molecule has 5 nitrogen and oxygen atoms in total. The second-order valence-electron chi connectivity index (χ2n) is 5.63. The molecule has 1 aromatic carbocycles. The Morgan fingerprint density at radius 3 is 2.64 bits per heavy atom. The van der Waals surface area contributed by atoms with E-state index >= 15 is 0 Å². The number of hydrogen-bond donors (Lipinski definition) is 1. The second kappa shape index (κ2) is 6.13. The van der Waals surface area contributed by atoms with Crippen molar-refractivity contribution in [3.63, 3.8) is 0 Å². The van der Waals surface area contributed by atoms with Gasteiger partial charge in [-0.1, -0.05) is 24.3 Å². The number of carbonyl (C=O) groups excluding carboxylic acids is 1. The van der Waals surface area contributed by atoms with E-state index in [-0.39, 0.29) is 5.91 Å². The average Bonchev–Trinajstić information content (AvgIpc) is 2.60. The second-order valence-corrected chi connectivity index (χ2v) is 5.63.